The Morgan fingerprint density at radius 2 is 1.70 bits per heavy atom. The number of carbonyl (C=O) groups excluding carboxylic acids is 3. The zero-order valence-corrected chi connectivity index (χ0v) is 25.4. The van der Waals surface area contributed by atoms with Crippen LogP contribution in [-0.4, -0.2) is 99.6 Å². The Bertz CT molecular complexity index is 1580. The molecule has 0 saturated carbocycles. The van der Waals surface area contributed by atoms with E-state index >= 15 is 0 Å². The molecule has 0 radical (unpaired) electrons. The number of Topliss-reactive ketones (excluding diaryl/α,β-unsaturated/α-hetero) is 2. The van der Waals surface area contributed by atoms with Crippen molar-refractivity contribution in [2.45, 2.75) is 38.3 Å². The van der Waals surface area contributed by atoms with Crippen molar-refractivity contribution in [2.75, 3.05) is 45.6 Å². The number of nitrogens with two attached hydrogens (primary N) is 1. The summed E-state index contributed by atoms with van der Waals surface area (Å²) < 4.78 is 0. The van der Waals surface area contributed by atoms with Gasteiger partial charge in [-0.15, -0.1) is 0 Å². The highest BCUT2D eigenvalue weighted by Gasteiger charge is 2.63. The summed E-state index contributed by atoms with van der Waals surface area (Å²) in [5.41, 5.74) is 4.84. The van der Waals surface area contributed by atoms with E-state index in [-0.39, 0.29) is 29.7 Å². The fraction of sp³-hybridized carbons (Fsp3) is 0.424. The molecule has 4 atom stereocenters. The van der Waals surface area contributed by atoms with E-state index in [9.17, 15) is 34.8 Å². The quantitative estimate of drug-likeness (QED) is 0.233. The summed E-state index contributed by atoms with van der Waals surface area (Å²) in [6.45, 7) is 7.93. The van der Waals surface area contributed by atoms with E-state index in [1.165, 1.54) is 11.0 Å². The standard InChI is InChI=1S/C33H40N4O7/c1-5-37(6-2)14-13-35-19-9-7-17(8-10-19)20-11-12-23(38)25-21(20)15-18-16-22-27(36(3)4)29(40)26(32(34)43)31(42)33(22,44)30(41)24(18)28(25)39/h7-12,18,22,27,35,38,40-41,44H,5-6,13-16H2,1-4H3,(H2,34,43)/t18-,22-,27-,33-/m0/s1. The van der Waals surface area contributed by atoms with Crippen LogP contribution in [0.15, 0.2) is 59.1 Å². The number of rotatable bonds is 9. The molecule has 2 aromatic carbocycles. The van der Waals surface area contributed by atoms with Gasteiger partial charge in [0.1, 0.15) is 22.8 Å². The fourth-order valence-corrected chi connectivity index (χ4v) is 7.19. The molecule has 3 aliphatic carbocycles. The Morgan fingerprint density at radius 1 is 1.05 bits per heavy atom. The molecule has 0 bridgehead atoms. The predicted octanol–water partition coefficient (Wildman–Crippen LogP) is 2.54. The number of phenolic OH excluding ortho intramolecular Hbond substituents is 1. The van der Waals surface area contributed by atoms with Crippen molar-refractivity contribution < 1.29 is 34.8 Å². The third kappa shape index (κ3) is 4.85. The average Bonchev–Trinajstić information content (AvgIpc) is 2.97. The zero-order chi connectivity index (χ0) is 32.1. The van der Waals surface area contributed by atoms with E-state index in [1.54, 1.807) is 20.2 Å². The molecule has 44 heavy (non-hydrogen) atoms. The molecule has 0 saturated heterocycles. The van der Waals surface area contributed by atoms with Gasteiger partial charge in [0, 0.05) is 30.3 Å². The number of phenols is 1. The first-order chi connectivity index (χ1) is 20.9. The topological polar surface area (TPSA) is 177 Å². The molecule has 0 unspecified atom stereocenters. The molecule has 5 rings (SSSR count). The summed E-state index contributed by atoms with van der Waals surface area (Å²) >= 11 is 0. The van der Waals surface area contributed by atoms with E-state index in [1.807, 2.05) is 24.3 Å². The number of primary amides is 1. The van der Waals surface area contributed by atoms with Gasteiger partial charge in [0.05, 0.1) is 11.6 Å². The Hall–Kier alpha value is -4.19. The maximum absolute atomic E-state index is 14.0. The minimum absolute atomic E-state index is 0.00953. The second-order valence-corrected chi connectivity index (χ2v) is 12.0. The number of amides is 1. The van der Waals surface area contributed by atoms with Gasteiger partial charge < -0.3 is 36.4 Å². The first-order valence-corrected chi connectivity index (χ1v) is 14.9. The SMILES string of the molecule is CCN(CC)CCNc1ccc(-c2ccc(O)c3c2C[C@H]2C[C@H]4[C@H](N(C)C)C(O)=C(C(N)=O)C(=O)[C@@]4(O)C(O)=C2C3=O)cc1. The van der Waals surface area contributed by atoms with Crippen LogP contribution >= 0.6 is 0 Å². The molecule has 0 aromatic heterocycles. The van der Waals surface area contributed by atoms with Crippen molar-refractivity contribution >= 4 is 23.2 Å². The number of ketones is 2. The number of benzene rings is 2. The zero-order valence-electron chi connectivity index (χ0n) is 25.4. The molecule has 0 spiro atoms. The minimum atomic E-state index is -2.66. The lowest BCUT2D eigenvalue weighted by Crippen LogP contribution is -2.63. The molecule has 234 valence electrons. The third-order valence-electron chi connectivity index (χ3n) is 9.45. The van der Waals surface area contributed by atoms with Crippen LogP contribution in [0.3, 0.4) is 0 Å². The summed E-state index contributed by atoms with van der Waals surface area (Å²) in [5.74, 6) is -6.67. The molecule has 11 nitrogen and oxygen atoms in total. The lowest BCUT2D eigenvalue weighted by Gasteiger charge is -2.50. The molecule has 0 heterocycles. The van der Waals surface area contributed by atoms with Crippen molar-refractivity contribution in [3.05, 3.63) is 70.2 Å². The van der Waals surface area contributed by atoms with Gasteiger partial charge in [-0.25, -0.2) is 0 Å². The third-order valence-corrected chi connectivity index (χ3v) is 9.45. The number of nitrogens with one attached hydrogen (secondary N) is 1. The number of nitrogens with zero attached hydrogens (tertiary/aromatic N) is 2. The maximum Gasteiger partial charge on any atom is 0.255 e. The first kappa shape index (κ1) is 31.2. The molecule has 7 N–H and O–H groups in total. The summed E-state index contributed by atoms with van der Waals surface area (Å²) in [4.78, 5) is 43.5. The number of aromatic hydroxyl groups is 1. The van der Waals surface area contributed by atoms with Gasteiger partial charge >= 0.3 is 0 Å². The number of anilines is 1. The predicted molar refractivity (Wildman–Crippen MR) is 165 cm³/mol. The van der Waals surface area contributed by atoms with Crippen LogP contribution in [-0.2, 0) is 16.0 Å². The van der Waals surface area contributed by atoms with Crippen LogP contribution < -0.4 is 11.1 Å². The van der Waals surface area contributed by atoms with Crippen LogP contribution in [0.5, 0.6) is 5.75 Å². The van der Waals surface area contributed by atoms with E-state index in [0.717, 1.165) is 43.0 Å². The second-order valence-electron chi connectivity index (χ2n) is 12.0. The molecule has 0 aliphatic heterocycles. The lowest BCUT2D eigenvalue weighted by atomic mass is 9.58. The number of aliphatic hydroxyl groups is 3. The van der Waals surface area contributed by atoms with Gasteiger partial charge in [-0.3, -0.25) is 19.3 Å². The summed E-state index contributed by atoms with van der Waals surface area (Å²) in [5, 5.41) is 48.5. The van der Waals surface area contributed by atoms with Gasteiger partial charge in [0.15, 0.2) is 11.4 Å². The van der Waals surface area contributed by atoms with Gasteiger partial charge in [0.2, 0.25) is 5.78 Å². The normalized spacial score (nSPS) is 24.8. The van der Waals surface area contributed by atoms with Gasteiger partial charge in [0.25, 0.3) is 5.91 Å². The monoisotopic (exact) mass is 604 g/mol. The van der Waals surface area contributed by atoms with E-state index in [0.29, 0.717) is 5.56 Å². The first-order valence-electron chi connectivity index (χ1n) is 14.9. The van der Waals surface area contributed by atoms with E-state index in [4.69, 9.17) is 5.73 Å². The van der Waals surface area contributed by atoms with Crippen LogP contribution in [0.2, 0.25) is 0 Å². The van der Waals surface area contributed by atoms with Crippen molar-refractivity contribution in [3.63, 3.8) is 0 Å². The number of carbonyl (C=O) groups is 3. The highest BCUT2D eigenvalue weighted by molar-refractivity contribution is 6.24. The number of aliphatic hydroxyl groups excluding tert-OH is 2. The second kappa shape index (κ2) is 11.7. The minimum Gasteiger partial charge on any atom is -0.510 e. The van der Waals surface area contributed by atoms with Crippen LogP contribution in [0, 0.1) is 11.8 Å². The number of fused-ring (bicyclic) bond motifs is 3. The Balaban J connectivity index is 1.54. The van der Waals surface area contributed by atoms with Crippen molar-refractivity contribution in [1.82, 2.24) is 9.80 Å². The largest absolute Gasteiger partial charge is 0.510 e. The summed E-state index contributed by atoms with van der Waals surface area (Å²) in [6, 6.07) is 9.93. The molecule has 1 amide bonds. The Morgan fingerprint density at radius 3 is 2.30 bits per heavy atom. The van der Waals surface area contributed by atoms with Crippen LogP contribution in [0.1, 0.15) is 36.2 Å². The van der Waals surface area contributed by atoms with Crippen LogP contribution in [0.4, 0.5) is 5.69 Å². The number of hydrogen-bond acceptors (Lipinski definition) is 10. The summed E-state index contributed by atoms with van der Waals surface area (Å²) in [6.07, 6.45) is 0.262. The molecule has 2 aromatic rings. The van der Waals surface area contributed by atoms with Crippen molar-refractivity contribution in [1.29, 1.82) is 0 Å². The molecular weight excluding hydrogens is 564 g/mol. The highest BCUT2D eigenvalue weighted by Crippen LogP contribution is 2.53. The Labute approximate surface area is 256 Å². The van der Waals surface area contributed by atoms with Crippen LogP contribution in [0.25, 0.3) is 11.1 Å². The number of likely N-dealkylation sites (N-methyl/N-ethyl adjacent to an activating group) is 2. The highest BCUT2D eigenvalue weighted by atomic mass is 16.3. The van der Waals surface area contributed by atoms with Crippen molar-refractivity contribution in [2.24, 2.45) is 17.6 Å². The van der Waals surface area contributed by atoms with Crippen molar-refractivity contribution in [3.8, 4) is 16.9 Å². The number of allylic oxidation sites excluding steroid dienone is 1. The average molecular weight is 605 g/mol. The van der Waals surface area contributed by atoms with Gasteiger partial charge in [-0.1, -0.05) is 32.0 Å². The van der Waals surface area contributed by atoms with Gasteiger partial charge in [-0.05, 0) is 80.8 Å². The lowest BCUT2D eigenvalue weighted by molar-refractivity contribution is -0.148. The maximum atomic E-state index is 14.0. The molecule has 3 aliphatic rings. The van der Waals surface area contributed by atoms with E-state index in [2.05, 4.69) is 24.1 Å². The molecule has 0 fully saturated rings. The molecule has 11 heteroatoms. The fourth-order valence-electron chi connectivity index (χ4n) is 7.19. The van der Waals surface area contributed by atoms with E-state index < -0.39 is 58.0 Å². The molecular formula is C33H40N4O7. The van der Waals surface area contributed by atoms with Gasteiger partial charge in [-0.2, -0.15) is 0 Å². The smallest absolute Gasteiger partial charge is 0.255 e. The summed E-state index contributed by atoms with van der Waals surface area (Å²) in [7, 11) is 3.21. The number of hydrogen-bond donors (Lipinski definition) is 6. The Kier molecular flexibility index (Phi) is 8.32.